The number of hydrogen-bond acceptors (Lipinski definition) is 4. The number of benzene rings is 4. The Morgan fingerprint density at radius 2 is 1.26 bits per heavy atom. The van der Waals surface area contributed by atoms with E-state index in [0.29, 0.717) is 11.1 Å². The van der Waals surface area contributed by atoms with E-state index >= 15 is 0 Å². The molecule has 2 heterocycles. The van der Waals surface area contributed by atoms with E-state index in [2.05, 4.69) is 43.0 Å². The Morgan fingerprint density at radius 1 is 0.763 bits per heavy atom. The molecule has 6 rings (SSSR count). The average Bonchev–Trinajstić information content (AvgIpc) is 2.89. The molecule has 0 aliphatic carbocycles. The number of amides is 1. The zero-order chi connectivity index (χ0) is 27.4. The number of nitrogens with two attached hydrogens (primary N) is 1. The fraction of sp³-hybridized carbons (Fsp3) is 0.167. The van der Waals surface area contributed by atoms with Crippen molar-refractivity contribution in [2.45, 2.75) is 37.6 Å². The Balaban J connectivity index is 0.000000317. The van der Waals surface area contributed by atoms with Crippen LogP contribution in [-0.2, 0) is 21.8 Å². The molecule has 5 nitrogen and oxygen atoms in total. The second kappa shape index (κ2) is 11.9. The van der Waals surface area contributed by atoms with Gasteiger partial charge in [0.1, 0.15) is 0 Å². The van der Waals surface area contributed by atoms with Gasteiger partial charge in [0.25, 0.3) is 0 Å². The average molecular weight is 635 g/mol. The first-order chi connectivity index (χ1) is 18.1. The molecule has 8 heteroatoms. The normalized spacial score (nSPS) is 16.3. The Labute approximate surface area is 233 Å². The standard InChI is InChI=1S/C21H19N2O3S.C9H12.ClH.Ru/c22-20(15-9-5-2-6-10-15)19(14-7-3-1-4-8-14)17-13-16(21(23)24)11-12-18(17)27(25)26;1-7-4-8(2)6-9(3)5-7;;/h1-13,19-20H,22H2,(H2,23,24);4-6H,1-3H3;1H;/q;;;+2/p-2/t19-,20+;;;/m1.../s1. The van der Waals surface area contributed by atoms with Crippen LogP contribution < -0.4 is 9.79 Å². The molecule has 0 unspecified atom stereocenters. The summed E-state index contributed by atoms with van der Waals surface area (Å²) in [5.74, 6) is -0.942. The summed E-state index contributed by atoms with van der Waals surface area (Å²) in [6.07, 6.45) is 0. The summed E-state index contributed by atoms with van der Waals surface area (Å²) in [5, 5.41) is 0. The molecular formula is C30H30ClN2O3RuS. The summed E-state index contributed by atoms with van der Waals surface area (Å²) < 4.78 is 28.7. The summed E-state index contributed by atoms with van der Waals surface area (Å²) in [4.78, 5) is 12.6. The third-order valence-electron chi connectivity index (χ3n) is 6.25. The second-order valence-corrected chi connectivity index (χ2v) is 19.0. The van der Waals surface area contributed by atoms with Crippen LogP contribution in [0.4, 0.5) is 0 Å². The van der Waals surface area contributed by atoms with Gasteiger partial charge < -0.3 is 0 Å². The van der Waals surface area contributed by atoms with Gasteiger partial charge >= 0.3 is 178 Å². The van der Waals surface area contributed by atoms with E-state index in [-0.39, 0.29) is 4.90 Å². The summed E-state index contributed by atoms with van der Waals surface area (Å²) in [6.45, 7) is 6.38. The molecule has 38 heavy (non-hydrogen) atoms. The van der Waals surface area contributed by atoms with E-state index in [4.69, 9.17) is 15.4 Å². The maximum absolute atomic E-state index is 13.1. The van der Waals surface area contributed by atoms with Crippen molar-refractivity contribution in [3.63, 3.8) is 0 Å². The molecule has 2 aliphatic rings. The zero-order valence-electron chi connectivity index (χ0n) is 21.3. The van der Waals surface area contributed by atoms with Crippen LogP contribution in [0, 0.1) is 20.8 Å². The van der Waals surface area contributed by atoms with Crippen LogP contribution in [0.15, 0.2) is 102 Å². The van der Waals surface area contributed by atoms with Crippen LogP contribution in [-0.4, -0.2) is 14.3 Å². The van der Waals surface area contributed by atoms with E-state index in [1.165, 1.54) is 28.8 Å². The molecule has 0 radical (unpaired) electrons. The van der Waals surface area contributed by atoms with Gasteiger partial charge in [0.15, 0.2) is 0 Å². The van der Waals surface area contributed by atoms with Gasteiger partial charge in [0, 0.05) is 0 Å². The van der Waals surface area contributed by atoms with Crippen molar-refractivity contribution in [1.29, 1.82) is 0 Å². The predicted octanol–water partition coefficient (Wildman–Crippen LogP) is 6.25. The Kier molecular flexibility index (Phi) is 8.84. The van der Waals surface area contributed by atoms with Crippen molar-refractivity contribution >= 4 is 23.4 Å². The molecule has 1 amide bonds. The first kappa shape index (κ1) is 28.2. The molecule has 2 bridgehead atoms. The van der Waals surface area contributed by atoms with Gasteiger partial charge in [0.2, 0.25) is 0 Å². The minimum atomic E-state index is -3.86. The van der Waals surface area contributed by atoms with Crippen molar-refractivity contribution in [2.75, 3.05) is 0 Å². The third kappa shape index (κ3) is 6.24. The topological polar surface area (TPSA) is 89.3 Å². The van der Waals surface area contributed by atoms with Gasteiger partial charge in [-0.2, -0.15) is 0 Å². The molecule has 2 atom stereocenters. The predicted molar refractivity (Wildman–Crippen MR) is 149 cm³/mol. The van der Waals surface area contributed by atoms with Crippen LogP contribution in [0.3, 0.4) is 0 Å². The number of carbonyl (C=O) groups excluding carboxylic acids is 1. The summed E-state index contributed by atoms with van der Waals surface area (Å²) in [5.41, 5.74) is 13.4. The van der Waals surface area contributed by atoms with Gasteiger partial charge in [0.05, 0.1) is 0 Å². The molecule has 0 aromatic heterocycles. The molecule has 199 valence electrons. The van der Waals surface area contributed by atoms with Gasteiger partial charge in [-0.1, -0.05) is 34.9 Å². The molecule has 4 aromatic carbocycles. The summed E-state index contributed by atoms with van der Waals surface area (Å²) in [7, 11) is 2.33. The van der Waals surface area contributed by atoms with Crippen LogP contribution >= 0.6 is 9.69 Å². The Hall–Kier alpha value is -2.83. The van der Waals surface area contributed by atoms with E-state index < -0.39 is 39.7 Å². The molecule has 0 spiro atoms. The van der Waals surface area contributed by atoms with E-state index in [1.807, 2.05) is 60.7 Å². The quantitative estimate of drug-likeness (QED) is 0.260. The number of aryl methyl sites for hydroxylation is 3. The molecule has 0 fully saturated rings. The van der Waals surface area contributed by atoms with Crippen LogP contribution in [0.5, 0.6) is 0 Å². The van der Waals surface area contributed by atoms with E-state index in [1.54, 1.807) is 6.07 Å². The van der Waals surface area contributed by atoms with Gasteiger partial charge in [-0.05, 0) is 20.8 Å². The zero-order valence-corrected chi connectivity index (χ0v) is 24.6. The van der Waals surface area contributed by atoms with Crippen molar-refractivity contribution in [3.8, 4) is 0 Å². The van der Waals surface area contributed by atoms with Gasteiger partial charge in [-0.15, -0.1) is 0 Å². The van der Waals surface area contributed by atoms with Crippen LogP contribution in [0.2, 0.25) is 0 Å². The number of rotatable bonds is 4. The van der Waals surface area contributed by atoms with Gasteiger partial charge in [-0.25, -0.2) is 0 Å². The first-order valence-electron chi connectivity index (χ1n) is 12.0. The molecule has 0 saturated heterocycles. The van der Waals surface area contributed by atoms with Crippen LogP contribution in [0.1, 0.15) is 55.7 Å². The molecule has 4 aromatic rings. The second-order valence-electron chi connectivity index (χ2n) is 9.28. The molecular weight excluding hydrogens is 605 g/mol. The van der Waals surface area contributed by atoms with Crippen molar-refractivity contribution < 1.29 is 27.2 Å². The monoisotopic (exact) mass is 635 g/mol. The van der Waals surface area contributed by atoms with Crippen molar-refractivity contribution in [3.05, 3.63) is 136 Å². The number of carbonyl (C=O) groups is 1. The van der Waals surface area contributed by atoms with Crippen molar-refractivity contribution in [1.82, 2.24) is 4.06 Å². The van der Waals surface area contributed by atoms with E-state index in [0.717, 1.165) is 11.1 Å². The number of fused-ring (bicyclic) bond motifs is 5. The maximum atomic E-state index is 13.1. The third-order valence-corrected chi connectivity index (χ3v) is 15.2. The Morgan fingerprint density at radius 3 is 1.79 bits per heavy atom. The molecule has 2 aliphatic heterocycles. The molecule has 0 saturated carbocycles. The Bertz CT molecular complexity index is 1500. The minimum absolute atomic E-state index is 0.135. The SMILES string of the molecule is Cc1cc(C)cc(C)c1.N[C@@H](c1ccccc1)[C@H](c1ccccc1)c1cc2ccc1[S](=O)(=O)[Ru]([Cl])[NH]C2=O. The molecule has 3 N–H and O–H groups in total. The summed E-state index contributed by atoms with van der Waals surface area (Å²) >= 11 is -3.16. The van der Waals surface area contributed by atoms with Crippen molar-refractivity contribution in [2.24, 2.45) is 5.73 Å². The number of nitrogens with one attached hydrogen (secondary N) is 1. The fourth-order valence-electron chi connectivity index (χ4n) is 4.69. The fourth-order valence-corrected chi connectivity index (χ4v) is 10.6. The number of halogens is 1. The summed E-state index contributed by atoms with van der Waals surface area (Å²) in [6, 6.07) is 29.7. The first-order valence-corrected chi connectivity index (χ1v) is 18.6. The number of hydrogen-bond donors (Lipinski definition) is 2. The van der Waals surface area contributed by atoms with E-state index in [9.17, 15) is 13.2 Å². The van der Waals surface area contributed by atoms with Crippen LogP contribution in [0.25, 0.3) is 0 Å². The van der Waals surface area contributed by atoms with Gasteiger partial charge in [-0.3, -0.25) is 0 Å².